The summed E-state index contributed by atoms with van der Waals surface area (Å²) in [5.41, 5.74) is 14.0. The zero-order valence-electron chi connectivity index (χ0n) is 17.6. The third kappa shape index (κ3) is 4.75. The van der Waals surface area contributed by atoms with Gasteiger partial charge in [0.15, 0.2) is 0 Å². The van der Waals surface area contributed by atoms with Crippen molar-refractivity contribution in [1.82, 2.24) is 0 Å². The van der Waals surface area contributed by atoms with Crippen LogP contribution in [-0.4, -0.2) is 0 Å². The maximum absolute atomic E-state index is 4.93. The molecule has 0 heterocycles. The van der Waals surface area contributed by atoms with Crippen LogP contribution in [0.2, 0.25) is 0 Å². The Balaban J connectivity index is 0.000000133. The molecule has 4 aromatic rings. The maximum atomic E-state index is 4.93. The number of hydrogen-bond donors (Lipinski definition) is 0. The van der Waals surface area contributed by atoms with Crippen LogP contribution in [0.3, 0.4) is 0 Å². The zero-order chi connectivity index (χ0) is 21.8. The Hall–Kier alpha value is -1.66. The van der Waals surface area contributed by atoms with Crippen molar-refractivity contribution in [1.29, 1.82) is 0 Å². The van der Waals surface area contributed by atoms with Gasteiger partial charge in [-0.1, -0.05) is 62.4 Å². The van der Waals surface area contributed by atoms with Crippen molar-refractivity contribution in [3.05, 3.63) is 118 Å². The summed E-state index contributed by atoms with van der Waals surface area (Å²) in [6, 6.07) is 32.2. The molecule has 2 aliphatic rings. The number of benzene rings is 4. The molecule has 0 atom stereocenters. The normalized spacial score (nSPS) is 11.5. The van der Waals surface area contributed by atoms with E-state index in [9.17, 15) is 0 Å². The molecule has 2 aliphatic carbocycles. The SMILES string of the molecule is Cc1[c-]ccc2c1Cc1ccccc1-2.Cc1[c-]ccc2c1Cc1ccccc1-2.[Cl][Zr+2][Cl]. The topological polar surface area (TPSA) is 0 Å². The van der Waals surface area contributed by atoms with Crippen LogP contribution in [0.15, 0.2) is 72.8 Å². The van der Waals surface area contributed by atoms with E-state index in [0.29, 0.717) is 0 Å². The number of halogens is 2. The Morgan fingerprint density at radius 2 is 1.00 bits per heavy atom. The first-order valence-corrected chi connectivity index (χ1v) is 16.6. The molecule has 0 radical (unpaired) electrons. The predicted octanol–water partition coefficient (Wildman–Crippen LogP) is 8.11. The fraction of sp³-hybridized carbons (Fsp3) is 0.143. The first-order valence-electron chi connectivity index (χ1n) is 10.3. The fourth-order valence-corrected chi connectivity index (χ4v) is 4.50. The van der Waals surface area contributed by atoms with Crippen molar-refractivity contribution in [3.8, 4) is 22.3 Å². The molecule has 0 N–H and O–H groups in total. The molecule has 0 aliphatic heterocycles. The van der Waals surface area contributed by atoms with E-state index < -0.39 is 20.8 Å². The summed E-state index contributed by atoms with van der Waals surface area (Å²) < 4.78 is 0. The third-order valence-electron chi connectivity index (χ3n) is 6.00. The van der Waals surface area contributed by atoms with Crippen LogP contribution in [-0.2, 0) is 33.7 Å². The summed E-state index contributed by atoms with van der Waals surface area (Å²) in [5.74, 6) is 0. The minimum atomic E-state index is -0.826. The van der Waals surface area contributed by atoms with Gasteiger partial charge in [0.25, 0.3) is 0 Å². The minimum absolute atomic E-state index is 0.826. The van der Waals surface area contributed by atoms with E-state index in [4.69, 9.17) is 17.0 Å². The Morgan fingerprint density at radius 1 is 0.613 bits per heavy atom. The molecule has 4 aromatic carbocycles. The van der Waals surface area contributed by atoms with Gasteiger partial charge in [-0.2, -0.15) is 47.5 Å². The van der Waals surface area contributed by atoms with E-state index in [0.717, 1.165) is 12.8 Å². The standard InChI is InChI=1S/2C14H11.2ClH.Zr/c2*1-10-5-4-8-13-12-7-3-2-6-11(12)9-14(10)13;;;/h2*2-4,6-8H,9H2,1H3;2*1H;/q2*-1;;;+4/p-2. The Morgan fingerprint density at radius 3 is 1.42 bits per heavy atom. The second kappa shape index (κ2) is 10.3. The molecule has 31 heavy (non-hydrogen) atoms. The fourth-order valence-electron chi connectivity index (χ4n) is 4.50. The molecule has 0 saturated carbocycles. The average Bonchev–Trinajstić information content (AvgIpc) is 3.36. The summed E-state index contributed by atoms with van der Waals surface area (Å²) in [6.07, 6.45) is 2.16. The summed E-state index contributed by atoms with van der Waals surface area (Å²) in [4.78, 5) is 0. The van der Waals surface area contributed by atoms with Crippen LogP contribution >= 0.6 is 17.0 Å². The summed E-state index contributed by atoms with van der Waals surface area (Å²) in [6.45, 7) is 4.29. The summed E-state index contributed by atoms with van der Waals surface area (Å²) in [7, 11) is 9.87. The molecule has 152 valence electrons. The van der Waals surface area contributed by atoms with E-state index >= 15 is 0 Å². The molecule has 0 nitrogen and oxygen atoms in total. The zero-order valence-corrected chi connectivity index (χ0v) is 21.6. The average molecular weight is 521 g/mol. The first kappa shape index (κ1) is 22.5. The second-order valence-electron chi connectivity index (χ2n) is 7.73. The van der Waals surface area contributed by atoms with Gasteiger partial charge < -0.3 is 0 Å². The van der Waals surface area contributed by atoms with Gasteiger partial charge in [-0.15, -0.1) is 22.3 Å². The number of aryl methyl sites for hydroxylation is 2. The monoisotopic (exact) mass is 518 g/mol. The van der Waals surface area contributed by atoms with E-state index in [1.165, 1.54) is 55.6 Å². The number of hydrogen-bond acceptors (Lipinski definition) is 0. The molecule has 0 spiro atoms. The van der Waals surface area contributed by atoms with Gasteiger partial charge in [-0.05, 0) is 35.1 Å². The van der Waals surface area contributed by atoms with Crippen molar-refractivity contribution < 1.29 is 20.8 Å². The molecule has 0 unspecified atom stereocenters. The Labute approximate surface area is 203 Å². The van der Waals surface area contributed by atoms with Gasteiger partial charge in [0.1, 0.15) is 0 Å². The van der Waals surface area contributed by atoms with Gasteiger partial charge in [-0.3, -0.25) is 0 Å². The van der Waals surface area contributed by atoms with Gasteiger partial charge in [-0.25, -0.2) is 0 Å². The van der Waals surface area contributed by atoms with Crippen molar-refractivity contribution in [2.45, 2.75) is 26.7 Å². The van der Waals surface area contributed by atoms with E-state index in [-0.39, 0.29) is 0 Å². The number of fused-ring (bicyclic) bond motifs is 6. The van der Waals surface area contributed by atoms with Crippen molar-refractivity contribution >= 4 is 17.0 Å². The van der Waals surface area contributed by atoms with E-state index in [2.05, 4.69) is 86.6 Å². The quantitative estimate of drug-likeness (QED) is 0.178. The third-order valence-corrected chi connectivity index (χ3v) is 6.00. The molecule has 0 aromatic heterocycles. The van der Waals surface area contributed by atoms with Gasteiger partial charge in [0.2, 0.25) is 0 Å². The van der Waals surface area contributed by atoms with Gasteiger partial charge >= 0.3 is 37.9 Å². The first-order chi connectivity index (χ1) is 15.1. The molecule has 6 rings (SSSR count). The molecule has 0 amide bonds. The molecule has 3 heteroatoms. The van der Waals surface area contributed by atoms with Crippen molar-refractivity contribution in [2.24, 2.45) is 0 Å². The second-order valence-corrected chi connectivity index (χ2v) is 11.5. The van der Waals surface area contributed by atoms with Crippen LogP contribution in [0.25, 0.3) is 22.3 Å². The summed E-state index contributed by atoms with van der Waals surface area (Å²) >= 11 is -0.826. The van der Waals surface area contributed by atoms with Crippen LogP contribution < -0.4 is 0 Å². The Kier molecular flexibility index (Phi) is 7.49. The van der Waals surface area contributed by atoms with Crippen LogP contribution in [0, 0.1) is 26.0 Å². The van der Waals surface area contributed by atoms with Crippen molar-refractivity contribution in [2.75, 3.05) is 0 Å². The number of rotatable bonds is 0. The van der Waals surface area contributed by atoms with Crippen LogP contribution in [0.5, 0.6) is 0 Å². The van der Waals surface area contributed by atoms with E-state index in [1.54, 1.807) is 0 Å². The van der Waals surface area contributed by atoms with Gasteiger partial charge in [0, 0.05) is 0 Å². The molecule has 0 saturated heterocycles. The Bertz CT molecular complexity index is 1120. The van der Waals surface area contributed by atoms with Gasteiger partial charge in [0.05, 0.1) is 0 Å². The summed E-state index contributed by atoms with van der Waals surface area (Å²) in [5, 5.41) is 0. The van der Waals surface area contributed by atoms with Crippen molar-refractivity contribution in [3.63, 3.8) is 0 Å². The van der Waals surface area contributed by atoms with Crippen LogP contribution in [0.4, 0.5) is 0 Å². The molecule has 0 bridgehead atoms. The molecular weight excluding hydrogens is 498 g/mol. The predicted molar refractivity (Wildman–Crippen MR) is 128 cm³/mol. The molecular formula is C28H22Cl2Zr. The molecule has 0 fully saturated rings. The van der Waals surface area contributed by atoms with E-state index in [1.807, 2.05) is 12.1 Å². The van der Waals surface area contributed by atoms with Crippen LogP contribution in [0.1, 0.15) is 33.4 Å².